The number of hydrogen-bond acceptors (Lipinski definition) is 3. The molecule has 3 heteroatoms. The minimum absolute atomic E-state index is 0.000471. The van der Waals surface area contributed by atoms with Gasteiger partial charge in [0.25, 0.3) is 0 Å². The molecule has 0 amide bonds. The lowest BCUT2D eigenvalue weighted by atomic mass is 10.1. The van der Waals surface area contributed by atoms with Gasteiger partial charge in [-0.3, -0.25) is 5.32 Å². The Balaban J connectivity index is 2.80. The van der Waals surface area contributed by atoms with Gasteiger partial charge in [0.1, 0.15) is 11.5 Å². The number of hydrogen-bond donors (Lipinski definition) is 3. The molecule has 0 bridgehead atoms. The fourth-order valence-electron chi connectivity index (χ4n) is 1.55. The van der Waals surface area contributed by atoms with Gasteiger partial charge >= 0.3 is 0 Å². The molecule has 0 spiro atoms. The van der Waals surface area contributed by atoms with E-state index in [-0.39, 0.29) is 23.6 Å². The fraction of sp³-hybridized carbons (Fsp3) is 0.385. The summed E-state index contributed by atoms with van der Waals surface area (Å²) < 4.78 is 0. The third-order valence-corrected chi connectivity index (χ3v) is 2.49. The highest BCUT2D eigenvalue weighted by atomic mass is 16.3. The Morgan fingerprint density at radius 3 is 2.31 bits per heavy atom. The number of rotatable bonds is 4. The first kappa shape index (κ1) is 12.4. The van der Waals surface area contributed by atoms with Crippen molar-refractivity contribution in [2.24, 2.45) is 0 Å². The molecule has 0 aliphatic heterocycles. The smallest absolute Gasteiger partial charge is 0.119 e. The number of terminal acetylenes is 1. The van der Waals surface area contributed by atoms with Crippen LogP contribution in [0.25, 0.3) is 0 Å². The molecular formula is C13H17NO2. The van der Waals surface area contributed by atoms with Crippen molar-refractivity contribution in [3.05, 3.63) is 23.8 Å². The van der Waals surface area contributed by atoms with Crippen LogP contribution in [0, 0.1) is 12.3 Å². The first-order valence-corrected chi connectivity index (χ1v) is 5.32. The summed E-state index contributed by atoms with van der Waals surface area (Å²) in [4.78, 5) is 0. The zero-order chi connectivity index (χ0) is 12.1. The third kappa shape index (κ3) is 3.18. The molecule has 1 aromatic carbocycles. The lowest BCUT2D eigenvalue weighted by Gasteiger charge is -2.18. The summed E-state index contributed by atoms with van der Waals surface area (Å²) in [7, 11) is 0. The van der Waals surface area contributed by atoms with Crippen LogP contribution in [0.4, 0.5) is 0 Å². The van der Waals surface area contributed by atoms with Crippen LogP contribution in [0.2, 0.25) is 0 Å². The largest absolute Gasteiger partial charge is 0.508 e. The maximum Gasteiger partial charge on any atom is 0.119 e. The molecule has 1 rings (SSSR count). The van der Waals surface area contributed by atoms with Crippen LogP contribution in [0.5, 0.6) is 11.5 Å². The number of aromatic hydroxyl groups is 2. The summed E-state index contributed by atoms with van der Waals surface area (Å²) in [6.07, 6.45) is 6.20. The maximum atomic E-state index is 9.36. The Hall–Kier alpha value is -1.66. The highest BCUT2D eigenvalue weighted by Crippen LogP contribution is 2.24. The van der Waals surface area contributed by atoms with Crippen LogP contribution in [0.3, 0.4) is 0 Å². The molecule has 3 nitrogen and oxygen atoms in total. The van der Waals surface area contributed by atoms with Crippen molar-refractivity contribution in [1.82, 2.24) is 5.32 Å². The van der Waals surface area contributed by atoms with E-state index in [1.54, 1.807) is 12.1 Å². The topological polar surface area (TPSA) is 52.5 Å². The normalized spacial score (nSPS) is 14.1. The minimum atomic E-state index is -0.0148. The van der Waals surface area contributed by atoms with E-state index >= 15 is 0 Å². The highest BCUT2D eigenvalue weighted by molar-refractivity contribution is 5.38. The SMILES string of the molecule is C#CC(CC)NC(C)c1cc(O)cc(O)c1. The van der Waals surface area contributed by atoms with Crippen molar-refractivity contribution in [3.63, 3.8) is 0 Å². The van der Waals surface area contributed by atoms with Gasteiger partial charge in [0, 0.05) is 12.1 Å². The number of nitrogens with one attached hydrogen (secondary N) is 1. The zero-order valence-electron chi connectivity index (χ0n) is 9.57. The van der Waals surface area contributed by atoms with Crippen molar-refractivity contribution < 1.29 is 10.2 Å². The Bertz CT molecular complexity index is 375. The lowest BCUT2D eigenvalue weighted by Crippen LogP contribution is -2.29. The average Bonchev–Trinajstić information content (AvgIpc) is 2.24. The molecule has 0 aliphatic rings. The quantitative estimate of drug-likeness (QED) is 0.680. The van der Waals surface area contributed by atoms with Crippen molar-refractivity contribution in [2.45, 2.75) is 32.4 Å². The molecular weight excluding hydrogens is 202 g/mol. The third-order valence-electron chi connectivity index (χ3n) is 2.49. The predicted octanol–water partition coefficient (Wildman–Crippen LogP) is 2.16. The van der Waals surface area contributed by atoms with Crippen LogP contribution in [-0.4, -0.2) is 16.3 Å². The molecule has 3 N–H and O–H groups in total. The van der Waals surface area contributed by atoms with Crippen molar-refractivity contribution >= 4 is 0 Å². The molecule has 16 heavy (non-hydrogen) atoms. The monoisotopic (exact) mass is 219 g/mol. The van der Waals surface area contributed by atoms with Crippen molar-refractivity contribution in [3.8, 4) is 23.8 Å². The van der Waals surface area contributed by atoms with Gasteiger partial charge in [0.15, 0.2) is 0 Å². The van der Waals surface area contributed by atoms with Gasteiger partial charge in [-0.25, -0.2) is 0 Å². The summed E-state index contributed by atoms with van der Waals surface area (Å²) in [6, 6.07) is 4.51. The molecule has 2 atom stereocenters. The molecule has 0 radical (unpaired) electrons. The summed E-state index contributed by atoms with van der Waals surface area (Å²) in [6.45, 7) is 3.94. The van der Waals surface area contributed by atoms with Gasteiger partial charge in [0.2, 0.25) is 0 Å². The summed E-state index contributed by atoms with van der Waals surface area (Å²) >= 11 is 0. The maximum absolute atomic E-state index is 9.36. The Morgan fingerprint density at radius 1 is 1.31 bits per heavy atom. The Morgan fingerprint density at radius 2 is 1.88 bits per heavy atom. The van der Waals surface area contributed by atoms with E-state index in [1.807, 2.05) is 13.8 Å². The van der Waals surface area contributed by atoms with Gasteiger partial charge in [-0.1, -0.05) is 12.8 Å². The minimum Gasteiger partial charge on any atom is -0.508 e. The molecule has 1 aromatic rings. The number of phenols is 2. The molecule has 0 saturated carbocycles. The molecule has 0 fully saturated rings. The second kappa shape index (κ2) is 5.43. The lowest BCUT2D eigenvalue weighted by molar-refractivity contribution is 0.444. The summed E-state index contributed by atoms with van der Waals surface area (Å²) in [5.74, 6) is 2.75. The van der Waals surface area contributed by atoms with Gasteiger partial charge in [-0.05, 0) is 31.0 Å². The van der Waals surface area contributed by atoms with E-state index in [2.05, 4.69) is 11.2 Å². The van der Waals surface area contributed by atoms with E-state index in [4.69, 9.17) is 6.42 Å². The Labute approximate surface area is 96.1 Å². The van der Waals surface area contributed by atoms with Crippen molar-refractivity contribution in [2.75, 3.05) is 0 Å². The molecule has 2 unspecified atom stereocenters. The summed E-state index contributed by atoms with van der Waals surface area (Å²) in [5.41, 5.74) is 0.811. The molecule has 86 valence electrons. The Kier molecular flexibility index (Phi) is 4.21. The number of phenolic OH excluding ortho intramolecular Hbond substituents is 2. The van der Waals surface area contributed by atoms with Crippen LogP contribution in [-0.2, 0) is 0 Å². The van der Waals surface area contributed by atoms with Crippen LogP contribution < -0.4 is 5.32 Å². The van der Waals surface area contributed by atoms with Crippen molar-refractivity contribution in [1.29, 1.82) is 0 Å². The molecule has 0 aliphatic carbocycles. The standard InChI is InChI=1S/C13H17NO2/c1-4-11(5-2)14-9(3)10-6-12(15)8-13(16)7-10/h1,6-9,11,14-16H,5H2,2-3H3. The van der Waals surface area contributed by atoms with E-state index in [1.165, 1.54) is 6.07 Å². The molecule has 0 heterocycles. The number of benzene rings is 1. The zero-order valence-corrected chi connectivity index (χ0v) is 9.57. The molecule has 0 aromatic heterocycles. The van der Waals surface area contributed by atoms with Gasteiger partial charge in [0.05, 0.1) is 6.04 Å². The van der Waals surface area contributed by atoms with E-state index in [0.717, 1.165) is 12.0 Å². The first-order valence-electron chi connectivity index (χ1n) is 5.32. The van der Waals surface area contributed by atoms with E-state index in [9.17, 15) is 10.2 Å². The average molecular weight is 219 g/mol. The second-order valence-corrected chi connectivity index (χ2v) is 3.80. The van der Waals surface area contributed by atoms with Crippen LogP contribution in [0.15, 0.2) is 18.2 Å². The van der Waals surface area contributed by atoms with Crippen LogP contribution in [0.1, 0.15) is 31.9 Å². The van der Waals surface area contributed by atoms with Gasteiger partial charge in [-0.15, -0.1) is 6.42 Å². The van der Waals surface area contributed by atoms with E-state index in [0.29, 0.717) is 0 Å². The van der Waals surface area contributed by atoms with Gasteiger partial charge < -0.3 is 10.2 Å². The van der Waals surface area contributed by atoms with Gasteiger partial charge in [-0.2, -0.15) is 0 Å². The first-order chi connectivity index (χ1) is 7.56. The van der Waals surface area contributed by atoms with E-state index < -0.39 is 0 Å². The fourth-order valence-corrected chi connectivity index (χ4v) is 1.55. The highest BCUT2D eigenvalue weighted by Gasteiger charge is 2.11. The predicted molar refractivity (Wildman–Crippen MR) is 64.2 cm³/mol. The molecule has 0 saturated heterocycles. The van der Waals surface area contributed by atoms with Crippen LogP contribution >= 0.6 is 0 Å². The summed E-state index contributed by atoms with van der Waals surface area (Å²) in [5, 5.41) is 22.0. The second-order valence-electron chi connectivity index (χ2n) is 3.80.